The Hall–Kier alpha value is -4.04. The summed E-state index contributed by atoms with van der Waals surface area (Å²) in [5.74, 6) is 0.314. The van der Waals surface area contributed by atoms with Gasteiger partial charge in [0.15, 0.2) is 11.5 Å². The number of nitrogens with one attached hydrogen (secondary N) is 1. The van der Waals surface area contributed by atoms with Gasteiger partial charge in [-0.3, -0.25) is 9.20 Å². The highest BCUT2D eigenvalue weighted by molar-refractivity contribution is 6.30. The van der Waals surface area contributed by atoms with E-state index < -0.39 is 11.9 Å². The number of fused-ring (bicyclic) bond motifs is 1. The molecule has 0 saturated heterocycles. The second kappa shape index (κ2) is 11.1. The third-order valence-corrected chi connectivity index (χ3v) is 5.75. The summed E-state index contributed by atoms with van der Waals surface area (Å²) >= 11 is 6.21. The molecule has 0 radical (unpaired) electrons. The summed E-state index contributed by atoms with van der Waals surface area (Å²) < 4.78 is 17.9. The van der Waals surface area contributed by atoms with Crippen LogP contribution >= 0.6 is 11.6 Å². The lowest BCUT2D eigenvalue weighted by Crippen LogP contribution is -2.17. The van der Waals surface area contributed by atoms with Gasteiger partial charge in [-0.1, -0.05) is 30.7 Å². The molecule has 2 heterocycles. The van der Waals surface area contributed by atoms with Gasteiger partial charge in [0.25, 0.3) is 0 Å². The lowest BCUT2D eigenvalue weighted by Gasteiger charge is -2.12. The topological polar surface area (TPSA) is 91.2 Å². The summed E-state index contributed by atoms with van der Waals surface area (Å²) in [6, 6.07) is 15.9. The lowest BCUT2D eigenvalue weighted by atomic mass is 10.1. The fourth-order valence-electron chi connectivity index (χ4n) is 3.69. The van der Waals surface area contributed by atoms with Crippen LogP contribution in [0.2, 0.25) is 5.02 Å². The first-order valence-corrected chi connectivity index (χ1v) is 11.9. The van der Waals surface area contributed by atoms with Crippen molar-refractivity contribution >= 4 is 35.0 Å². The van der Waals surface area contributed by atoms with Crippen LogP contribution in [0.3, 0.4) is 0 Å². The second-order valence-corrected chi connectivity index (χ2v) is 8.29. The van der Waals surface area contributed by atoms with Gasteiger partial charge in [-0.2, -0.15) is 0 Å². The maximum Gasteiger partial charge on any atom is 0.343 e. The zero-order chi connectivity index (χ0) is 25.7. The number of pyridine rings is 1. The SMILES string of the molecule is CCOC(=O)CNc1c(-c2ccc(OC(=O)c3ccc(CC)cc3)c(OC)c2)nc2ccc(Cl)cn12. The van der Waals surface area contributed by atoms with E-state index in [-0.39, 0.29) is 18.9 Å². The summed E-state index contributed by atoms with van der Waals surface area (Å²) in [6.07, 6.45) is 2.59. The maximum absolute atomic E-state index is 12.7. The van der Waals surface area contributed by atoms with Crippen LogP contribution in [0.15, 0.2) is 60.8 Å². The number of benzene rings is 2. The molecule has 0 aliphatic rings. The number of halogens is 1. The van der Waals surface area contributed by atoms with Crippen LogP contribution in [0, 0.1) is 0 Å². The standard InChI is InChI=1S/C27H26ClN3O5/c1-4-17-6-8-18(9-7-17)27(33)36-21-12-10-19(14-22(21)34-3)25-26(29-15-24(32)35-5-2)31-16-20(28)11-13-23(31)30-25/h6-14,16,29H,4-5,15H2,1-3H3. The molecule has 0 saturated carbocycles. The van der Waals surface area contributed by atoms with Crippen molar-refractivity contribution < 1.29 is 23.8 Å². The fourth-order valence-corrected chi connectivity index (χ4v) is 3.85. The van der Waals surface area contributed by atoms with Gasteiger partial charge in [-0.05, 0) is 61.4 Å². The van der Waals surface area contributed by atoms with Gasteiger partial charge in [-0.25, -0.2) is 9.78 Å². The number of esters is 2. The summed E-state index contributed by atoms with van der Waals surface area (Å²) in [6.45, 7) is 4.03. The molecule has 0 spiro atoms. The molecule has 4 rings (SSSR count). The molecule has 8 nitrogen and oxygen atoms in total. The highest BCUT2D eigenvalue weighted by atomic mass is 35.5. The number of hydrogen-bond donors (Lipinski definition) is 1. The molecule has 36 heavy (non-hydrogen) atoms. The molecule has 2 aromatic heterocycles. The minimum atomic E-state index is -0.483. The molecule has 186 valence electrons. The Kier molecular flexibility index (Phi) is 7.75. The number of ether oxygens (including phenoxy) is 3. The van der Waals surface area contributed by atoms with Crippen LogP contribution in [0.4, 0.5) is 5.82 Å². The van der Waals surface area contributed by atoms with E-state index in [0.717, 1.165) is 12.0 Å². The molecule has 0 amide bonds. The summed E-state index contributed by atoms with van der Waals surface area (Å²) in [5.41, 5.74) is 3.46. The summed E-state index contributed by atoms with van der Waals surface area (Å²) in [5, 5.41) is 3.61. The molecule has 0 aliphatic heterocycles. The molecule has 2 aromatic carbocycles. The Morgan fingerprint density at radius 2 is 1.81 bits per heavy atom. The number of anilines is 1. The molecule has 0 atom stereocenters. The molecule has 1 N–H and O–H groups in total. The number of carbonyl (C=O) groups is 2. The molecular formula is C27H26ClN3O5. The third kappa shape index (κ3) is 5.44. The number of nitrogens with zero attached hydrogens (tertiary/aromatic N) is 2. The highest BCUT2D eigenvalue weighted by Gasteiger charge is 2.19. The molecular weight excluding hydrogens is 482 g/mol. The minimum absolute atomic E-state index is 0.0508. The van der Waals surface area contributed by atoms with Crippen molar-refractivity contribution in [2.75, 3.05) is 25.6 Å². The molecule has 0 bridgehead atoms. The average Bonchev–Trinajstić information content (AvgIpc) is 3.25. The van der Waals surface area contributed by atoms with Gasteiger partial charge in [0.1, 0.15) is 23.7 Å². The van der Waals surface area contributed by atoms with E-state index in [1.165, 1.54) is 7.11 Å². The average molecular weight is 508 g/mol. The number of hydrogen-bond acceptors (Lipinski definition) is 7. The highest BCUT2D eigenvalue weighted by Crippen LogP contribution is 2.36. The lowest BCUT2D eigenvalue weighted by molar-refractivity contribution is -0.140. The van der Waals surface area contributed by atoms with Gasteiger partial charge in [-0.15, -0.1) is 0 Å². The van der Waals surface area contributed by atoms with Crippen LogP contribution in [-0.4, -0.2) is 41.6 Å². The van der Waals surface area contributed by atoms with Gasteiger partial charge >= 0.3 is 11.9 Å². The first-order chi connectivity index (χ1) is 17.4. The van der Waals surface area contributed by atoms with E-state index >= 15 is 0 Å². The van der Waals surface area contributed by atoms with Crippen molar-refractivity contribution in [3.63, 3.8) is 0 Å². The number of aromatic nitrogens is 2. The minimum Gasteiger partial charge on any atom is -0.493 e. The van der Waals surface area contributed by atoms with Gasteiger partial charge in [0.05, 0.1) is 24.3 Å². The fraction of sp³-hybridized carbons (Fsp3) is 0.222. The number of imidazole rings is 1. The van der Waals surface area contributed by atoms with E-state index in [0.29, 0.717) is 39.1 Å². The normalized spacial score (nSPS) is 10.8. The smallest absolute Gasteiger partial charge is 0.343 e. The van der Waals surface area contributed by atoms with E-state index in [4.69, 9.17) is 30.8 Å². The van der Waals surface area contributed by atoms with Crippen LogP contribution in [0.1, 0.15) is 29.8 Å². The van der Waals surface area contributed by atoms with Gasteiger partial charge < -0.3 is 19.5 Å². The third-order valence-electron chi connectivity index (χ3n) is 5.53. The van der Waals surface area contributed by atoms with Crippen LogP contribution < -0.4 is 14.8 Å². The summed E-state index contributed by atoms with van der Waals surface area (Å²) in [4.78, 5) is 29.4. The van der Waals surface area contributed by atoms with E-state index in [9.17, 15) is 9.59 Å². The molecule has 4 aromatic rings. The Bertz CT molecular complexity index is 1400. The second-order valence-electron chi connectivity index (χ2n) is 7.85. The maximum atomic E-state index is 12.7. The Labute approximate surface area is 213 Å². The Balaban J connectivity index is 1.66. The quantitative estimate of drug-likeness (QED) is 0.239. The van der Waals surface area contributed by atoms with E-state index in [1.54, 1.807) is 60.0 Å². The monoisotopic (exact) mass is 507 g/mol. The van der Waals surface area contributed by atoms with E-state index in [2.05, 4.69) is 12.2 Å². The van der Waals surface area contributed by atoms with Gasteiger partial charge in [0.2, 0.25) is 0 Å². The van der Waals surface area contributed by atoms with Crippen LogP contribution in [0.5, 0.6) is 11.5 Å². The van der Waals surface area contributed by atoms with Crippen molar-refractivity contribution in [3.05, 3.63) is 76.9 Å². The van der Waals surface area contributed by atoms with Crippen LogP contribution in [0.25, 0.3) is 16.9 Å². The first-order valence-electron chi connectivity index (χ1n) is 11.5. The van der Waals surface area contributed by atoms with Crippen molar-refractivity contribution in [1.82, 2.24) is 9.38 Å². The molecule has 0 aliphatic carbocycles. The largest absolute Gasteiger partial charge is 0.493 e. The van der Waals surface area contributed by atoms with Crippen molar-refractivity contribution in [2.24, 2.45) is 0 Å². The molecule has 0 fully saturated rings. The van der Waals surface area contributed by atoms with Gasteiger partial charge in [0, 0.05) is 11.8 Å². The zero-order valence-electron chi connectivity index (χ0n) is 20.2. The predicted molar refractivity (Wildman–Crippen MR) is 138 cm³/mol. The van der Waals surface area contributed by atoms with Crippen LogP contribution in [-0.2, 0) is 16.0 Å². The predicted octanol–water partition coefficient (Wildman–Crippen LogP) is 5.42. The molecule has 9 heteroatoms. The zero-order valence-corrected chi connectivity index (χ0v) is 21.0. The number of aryl methyl sites for hydroxylation is 1. The summed E-state index contributed by atoms with van der Waals surface area (Å²) in [7, 11) is 1.50. The Morgan fingerprint density at radius 3 is 2.50 bits per heavy atom. The van der Waals surface area contributed by atoms with Crippen molar-refractivity contribution in [2.45, 2.75) is 20.3 Å². The number of rotatable bonds is 9. The van der Waals surface area contributed by atoms with Crippen molar-refractivity contribution in [3.8, 4) is 22.8 Å². The number of carbonyl (C=O) groups excluding carboxylic acids is 2. The Morgan fingerprint density at radius 1 is 1.03 bits per heavy atom. The van der Waals surface area contributed by atoms with E-state index in [1.807, 2.05) is 12.1 Å². The molecule has 0 unspecified atom stereocenters. The first kappa shape index (κ1) is 25.1. The number of methoxy groups -OCH3 is 1. The van der Waals surface area contributed by atoms with Crippen molar-refractivity contribution in [1.29, 1.82) is 0 Å².